The van der Waals surface area contributed by atoms with Gasteiger partial charge in [-0.05, 0) is 37.5 Å². The van der Waals surface area contributed by atoms with Crippen LogP contribution in [0.3, 0.4) is 0 Å². The predicted octanol–water partition coefficient (Wildman–Crippen LogP) is 3.49. The van der Waals surface area contributed by atoms with Crippen molar-refractivity contribution in [3.05, 3.63) is 47.7 Å². The Kier molecular flexibility index (Phi) is 4.08. The number of hydrogen-bond donors (Lipinski definition) is 0. The maximum atomic E-state index is 5.44. The molecule has 0 fully saturated rings. The SMILES string of the molecule is CCN(C=C1C=CCc2c(OC)cccc21)CC. The normalized spacial score (nSPS) is 15.6. The summed E-state index contributed by atoms with van der Waals surface area (Å²) in [5.41, 5.74) is 3.86. The quantitative estimate of drug-likeness (QED) is 0.802. The van der Waals surface area contributed by atoms with Gasteiger partial charge in [-0.2, -0.15) is 0 Å². The fraction of sp³-hybridized carbons (Fsp3) is 0.375. The molecular weight excluding hydrogens is 222 g/mol. The number of benzene rings is 1. The van der Waals surface area contributed by atoms with E-state index in [0.717, 1.165) is 25.3 Å². The summed E-state index contributed by atoms with van der Waals surface area (Å²) in [6.07, 6.45) is 7.61. The molecule has 0 atom stereocenters. The zero-order valence-electron chi connectivity index (χ0n) is 11.4. The van der Waals surface area contributed by atoms with Crippen molar-refractivity contribution in [3.8, 4) is 5.75 Å². The van der Waals surface area contributed by atoms with Crippen molar-refractivity contribution in [1.29, 1.82) is 0 Å². The molecule has 0 bridgehead atoms. The lowest BCUT2D eigenvalue weighted by Crippen LogP contribution is -2.16. The second-order valence-corrected chi connectivity index (χ2v) is 4.40. The van der Waals surface area contributed by atoms with Crippen LogP contribution in [0.5, 0.6) is 5.75 Å². The summed E-state index contributed by atoms with van der Waals surface area (Å²) in [5, 5.41) is 0. The highest BCUT2D eigenvalue weighted by molar-refractivity contribution is 5.79. The van der Waals surface area contributed by atoms with Crippen LogP contribution >= 0.6 is 0 Å². The van der Waals surface area contributed by atoms with Crippen LogP contribution in [0.15, 0.2) is 36.6 Å². The van der Waals surface area contributed by atoms with Gasteiger partial charge in [0.2, 0.25) is 0 Å². The topological polar surface area (TPSA) is 12.5 Å². The summed E-state index contributed by atoms with van der Waals surface area (Å²) in [6, 6.07) is 6.27. The van der Waals surface area contributed by atoms with Gasteiger partial charge < -0.3 is 9.64 Å². The summed E-state index contributed by atoms with van der Waals surface area (Å²) in [5.74, 6) is 0.988. The van der Waals surface area contributed by atoms with E-state index < -0.39 is 0 Å². The summed E-state index contributed by atoms with van der Waals surface area (Å²) in [7, 11) is 1.74. The van der Waals surface area contributed by atoms with Crippen LogP contribution in [-0.4, -0.2) is 25.1 Å². The number of fused-ring (bicyclic) bond motifs is 1. The Morgan fingerprint density at radius 1 is 1.28 bits per heavy atom. The first-order valence-corrected chi connectivity index (χ1v) is 6.58. The fourth-order valence-corrected chi connectivity index (χ4v) is 2.35. The lowest BCUT2D eigenvalue weighted by atomic mass is 9.92. The number of rotatable bonds is 4. The lowest BCUT2D eigenvalue weighted by Gasteiger charge is -2.21. The largest absolute Gasteiger partial charge is 0.496 e. The number of ether oxygens (including phenoxy) is 1. The standard InChI is InChI=1S/C16H21NO/c1-4-17(5-2)12-13-8-6-10-15-14(13)9-7-11-16(15)18-3/h6-9,11-12H,4-5,10H2,1-3H3. The third-order valence-electron chi connectivity index (χ3n) is 3.42. The molecule has 2 heteroatoms. The van der Waals surface area contributed by atoms with Crippen LogP contribution in [0.25, 0.3) is 5.57 Å². The van der Waals surface area contributed by atoms with Crippen LogP contribution in [-0.2, 0) is 6.42 Å². The molecule has 0 saturated carbocycles. The Bertz CT molecular complexity index is 470. The first-order valence-electron chi connectivity index (χ1n) is 6.58. The second-order valence-electron chi connectivity index (χ2n) is 4.40. The van der Waals surface area contributed by atoms with Crippen molar-refractivity contribution in [1.82, 2.24) is 4.90 Å². The number of allylic oxidation sites excluding steroid dienone is 3. The molecule has 0 aromatic heterocycles. The molecule has 0 radical (unpaired) electrons. The zero-order valence-corrected chi connectivity index (χ0v) is 11.4. The molecular formula is C16H21NO. The maximum Gasteiger partial charge on any atom is 0.122 e. The van der Waals surface area contributed by atoms with E-state index in [1.165, 1.54) is 16.7 Å². The van der Waals surface area contributed by atoms with E-state index in [0.29, 0.717) is 0 Å². The fourth-order valence-electron chi connectivity index (χ4n) is 2.35. The highest BCUT2D eigenvalue weighted by Gasteiger charge is 2.14. The van der Waals surface area contributed by atoms with E-state index in [4.69, 9.17) is 4.74 Å². The minimum Gasteiger partial charge on any atom is -0.496 e. The number of nitrogens with zero attached hydrogens (tertiary/aromatic N) is 1. The molecule has 2 nitrogen and oxygen atoms in total. The Morgan fingerprint density at radius 3 is 2.72 bits per heavy atom. The summed E-state index contributed by atoms with van der Waals surface area (Å²) >= 11 is 0. The van der Waals surface area contributed by atoms with E-state index in [2.05, 4.69) is 49.2 Å². The van der Waals surface area contributed by atoms with Gasteiger partial charge in [0.1, 0.15) is 5.75 Å². The number of methoxy groups -OCH3 is 1. The summed E-state index contributed by atoms with van der Waals surface area (Å²) in [6.45, 7) is 6.43. The molecule has 0 spiro atoms. The van der Waals surface area contributed by atoms with Crippen LogP contribution in [0, 0.1) is 0 Å². The molecule has 1 aliphatic rings. The van der Waals surface area contributed by atoms with E-state index in [9.17, 15) is 0 Å². The third kappa shape index (κ3) is 2.42. The predicted molar refractivity (Wildman–Crippen MR) is 76.7 cm³/mol. The van der Waals surface area contributed by atoms with Gasteiger partial charge in [0.25, 0.3) is 0 Å². The van der Waals surface area contributed by atoms with Crippen LogP contribution in [0.4, 0.5) is 0 Å². The molecule has 0 N–H and O–H groups in total. The Balaban J connectivity index is 2.42. The van der Waals surface area contributed by atoms with E-state index >= 15 is 0 Å². The molecule has 0 aliphatic heterocycles. The van der Waals surface area contributed by atoms with Crippen LogP contribution in [0.2, 0.25) is 0 Å². The number of hydrogen-bond acceptors (Lipinski definition) is 2. The molecule has 0 heterocycles. The van der Waals surface area contributed by atoms with Gasteiger partial charge in [0, 0.05) is 24.9 Å². The van der Waals surface area contributed by atoms with Gasteiger partial charge in [0.15, 0.2) is 0 Å². The highest BCUT2D eigenvalue weighted by atomic mass is 16.5. The van der Waals surface area contributed by atoms with Crippen LogP contribution < -0.4 is 4.74 Å². The average Bonchev–Trinajstić information content (AvgIpc) is 2.44. The third-order valence-corrected chi connectivity index (χ3v) is 3.42. The van der Waals surface area contributed by atoms with E-state index in [-0.39, 0.29) is 0 Å². The Labute approximate surface area is 110 Å². The first-order chi connectivity index (χ1) is 8.80. The molecule has 1 aliphatic carbocycles. The van der Waals surface area contributed by atoms with Gasteiger partial charge in [0.05, 0.1) is 7.11 Å². The van der Waals surface area contributed by atoms with Gasteiger partial charge in [-0.1, -0.05) is 24.3 Å². The van der Waals surface area contributed by atoms with Crippen molar-refractivity contribution in [2.24, 2.45) is 0 Å². The highest BCUT2D eigenvalue weighted by Crippen LogP contribution is 2.32. The Morgan fingerprint density at radius 2 is 2.06 bits per heavy atom. The van der Waals surface area contributed by atoms with Gasteiger partial charge in [-0.25, -0.2) is 0 Å². The Hall–Kier alpha value is -1.70. The van der Waals surface area contributed by atoms with Crippen molar-refractivity contribution in [2.75, 3.05) is 20.2 Å². The van der Waals surface area contributed by atoms with Crippen LogP contribution in [0.1, 0.15) is 25.0 Å². The molecule has 96 valence electrons. The monoisotopic (exact) mass is 243 g/mol. The van der Waals surface area contributed by atoms with Crippen molar-refractivity contribution in [2.45, 2.75) is 20.3 Å². The van der Waals surface area contributed by atoms with Crippen molar-refractivity contribution in [3.63, 3.8) is 0 Å². The van der Waals surface area contributed by atoms with Gasteiger partial charge in [-0.3, -0.25) is 0 Å². The summed E-state index contributed by atoms with van der Waals surface area (Å²) < 4.78 is 5.44. The van der Waals surface area contributed by atoms with Gasteiger partial charge in [-0.15, -0.1) is 0 Å². The average molecular weight is 243 g/mol. The maximum absolute atomic E-state index is 5.44. The summed E-state index contributed by atoms with van der Waals surface area (Å²) in [4.78, 5) is 2.31. The first kappa shape index (κ1) is 12.7. The minimum atomic E-state index is 0.953. The van der Waals surface area contributed by atoms with Gasteiger partial charge >= 0.3 is 0 Å². The van der Waals surface area contributed by atoms with Crippen molar-refractivity contribution >= 4 is 5.57 Å². The molecule has 0 saturated heterocycles. The molecule has 18 heavy (non-hydrogen) atoms. The lowest BCUT2D eigenvalue weighted by molar-refractivity contribution is 0.410. The van der Waals surface area contributed by atoms with Crippen molar-refractivity contribution < 1.29 is 4.74 Å². The second kappa shape index (κ2) is 5.76. The van der Waals surface area contributed by atoms with E-state index in [1.54, 1.807) is 7.11 Å². The molecule has 1 aromatic carbocycles. The molecule has 1 aromatic rings. The minimum absolute atomic E-state index is 0.953. The smallest absolute Gasteiger partial charge is 0.122 e. The zero-order chi connectivity index (χ0) is 13.0. The molecule has 0 unspecified atom stereocenters. The molecule has 0 amide bonds. The molecule has 2 rings (SSSR count). The van der Waals surface area contributed by atoms with E-state index in [1.807, 2.05) is 6.07 Å².